The van der Waals surface area contributed by atoms with Crippen molar-refractivity contribution in [3.8, 4) is 33.4 Å². The number of anilines is 3. The Morgan fingerprint density at radius 3 is 1.80 bits per heavy atom. The first-order valence-corrected chi connectivity index (χ1v) is 17.9. The van der Waals surface area contributed by atoms with Gasteiger partial charge in [-0.25, -0.2) is 0 Å². The van der Waals surface area contributed by atoms with Gasteiger partial charge in [-0.2, -0.15) is 0 Å². The van der Waals surface area contributed by atoms with E-state index in [0.717, 1.165) is 17.1 Å². The molecule has 2 heteroatoms. The van der Waals surface area contributed by atoms with Gasteiger partial charge in [-0.05, 0) is 101 Å². The zero-order valence-electron chi connectivity index (χ0n) is 28.3. The molecular formula is C47H37NS. The van der Waals surface area contributed by atoms with Crippen molar-refractivity contribution in [2.45, 2.75) is 33.1 Å². The maximum Gasteiger partial charge on any atom is 0.0468 e. The predicted octanol–water partition coefficient (Wildman–Crippen LogP) is 13.8. The van der Waals surface area contributed by atoms with E-state index in [1.165, 1.54) is 75.8 Å². The molecule has 236 valence electrons. The van der Waals surface area contributed by atoms with Crippen LogP contribution in [0.15, 0.2) is 152 Å². The first-order chi connectivity index (χ1) is 23.9. The second kappa shape index (κ2) is 11.3. The van der Waals surface area contributed by atoms with E-state index in [9.17, 15) is 0 Å². The van der Waals surface area contributed by atoms with E-state index in [0.29, 0.717) is 0 Å². The largest absolute Gasteiger partial charge is 0.310 e. The molecule has 0 spiro atoms. The van der Waals surface area contributed by atoms with E-state index in [1.807, 2.05) is 11.3 Å². The van der Waals surface area contributed by atoms with Crippen molar-refractivity contribution in [3.63, 3.8) is 0 Å². The quantitative estimate of drug-likeness (QED) is 0.180. The summed E-state index contributed by atoms with van der Waals surface area (Å²) in [4.78, 5) is 2.39. The van der Waals surface area contributed by atoms with Crippen LogP contribution in [0.25, 0.3) is 53.6 Å². The Balaban J connectivity index is 1.30. The molecule has 0 unspecified atom stereocenters. The molecule has 49 heavy (non-hydrogen) atoms. The maximum atomic E-state index is 2.46. The molecule has 0 bridgehead atoms. The molecule has 0 atom stereocenters. The van der Waals surface area contributed by atoms with Crippen LogP contribution in [-0.4, -0.2) is 0 Å². The highest BCUT2D eigenvalue weighted by Crippen LogP contribution is 2.51. The van der Waals surface area contributed by atoms with Crippen LogP contribution in [0.3, 0.4) is 0 Å². The molecule has 1 aliphatic carbocycles. The summed E-state index contributed by atoms with van der Waals surface area (Å²) >= 11 is 1.89. The van der Waals surface area contributed by atoms with Crippen LogP contribution in [0, 0.1) is 13.8 Å². The molecule has 0 radical (unpaired) electrons. The number of benzene rings is 7. The summed E-state index contributed by atoms with van der Waals surface area (Å²) in [6.45, 7) is 9.03. The average Bonchev–Trinajstić information content (AvgIpc) is 3.62. The summed E-state index contributed by atoms with van der Waals surface area (Å²) in [6.07, 6.45) is 0. The second-order valence-corrected chi connectivity index (χ2v) is 15.0. The average molecular weight is 648 g/mol. The van der Waals surface area contributed by atoms with Crippen LogP contribution in [0.4, 0.5) is 17.1 Å². The van der Waals surface area contributed by atoms with E-state index in [-0.39, 0.29) is 5.41 Å². The minimum Gasteiger partial charge on any atom is -0.310 e. The molecular weight excluding hydrogens is 611 g/mol. The molecule has 1 heterocycles. The summed E-state index contributed by atoms with van der Waals surface area (Å²) in [5.74, 6) is 0. The van der Waals surface area contributed by atoms with Crippen molar-refractivity contribution in [1.29, 1.82) is 0 Å². The number of nitrogens with zero attached hydrogens (tertiary/aromatic N) is 1. The van der Waals surface area contributed by atoms with E-state index < -0.39 is 0 Å². The zero-order chi connectivity index (χ0) is 33.3. The molecule has 0 amide bonds. The van der Waals surface area contributed by atoms with Crippen LogP contribution in [-0.2, 0) is 5.41 Å². The van der Waals surface area contributed by atoms with E-state index in [2.05, 4.69) is 184 Å². The Labute approximate surface area is 292 Å². The van der Waals surface area contributed by atoms with Crippen LogP contribution in [0.1, 0.15) is 36.1 Å². The van der Waals surface area contributed by atoms with E-state index in [1.54, 1.807) is 0 Å². The minimum absolute atomic E-state index is 0.0823. The third-order valence-corrected chi connectivity index (χ3v) is 11.7. The highest BCUT2D eigenvalue weighted by atomic mass is 32.1. The Kier molecular flexibility index (Phi) is 6.86. The second-order valence-electron chi connectivity index (χ2n) is 13.9. The van der Waals surface area contributed by atoms with Crippen molar-refractivity contribution < 1.29 is 0 Å². The van der Waals surface area contributed by atoms with E-state index >= 15 is 0 Å². The van der Waals surface area contributed by atoms with Gasteiger partial charge >= 0.3 is 0 Å². The van der Waals surface area contributed by atoms with Crippen molar-refractivity contribution >= 4 is 48.6 Å². The number of thiophene rings is 1. The van der Waals surface area contributed by atoms with Crippen molar-refractivity contribution in [1.82, 2.24) is 0 Å². The first kappa shape index (κ1) is 29.7. The molecule has 7 aromatic carbocycles. The fourth-order valence-corrected chi connectivity index (χ4v) is 9.04. The van der Waals surface area contributed by atoms with Gasteiger partial charge in [0.05, 0.1) is 0 Å². The molecule has 0 saturated heterocycles. The van der Waals surface area contributed by atoms with Gasteiger partial charge in [-0.1, -0.05) is 128 Å². The monoisotopic (exact) mass is 647 g/mol. The Hall–Kier alpha value is -5.44. The standard InChI is InChI=1S/C47H37NS/c1-30-16-21-33(22-17-30)48(34-23-18-31(2)19-24-34)35-25-27-36(40-12-9-13-41-39-11-6-8-15-45(39)49-46(40)41)42(29-35)32-20-26-38-37-10-5-7-14-43(37)47(3,4)44(38)28-32/h5-29H,1-4H3. The third-order valence-electron chi connectivity index (χ3n) is 10.4. The van der Waals surface area contributed by atoms with Crippen LogP contribution < -0.4 is 4.90 Å². The summed E-state index contributed by atoms with van der Waals surface area (Å²) in [6, 6.07) is 56.5. The molecule has 9 rings (SSSR count). The predicted molar refractivity (Wildman–Crippen MR) is 212 cm³/mol. The number of aryl methyl sites for hydroxylation is 2. The van der Waals surface area contributed by atoms with Crippen LogP contribution in [0.2, 0.25) is 0 Å². The van der Waals surface area contributed by atoms with Gasteiger partial charge < -0.3 is 4.90 Å². The summed E-state index contributed by atoms with van der Waals surface area (Å²) < 4.78 is 2.66. The Morgan fingerprint density at radius 2 is 1.04 bits per heavy atom. The lowest BCUT2D eigenvalue weighted by atomic mass is 9.81. The Bertz CT molecular complexity index is 2490. The maximum absolute atomic E-state index is 2.46. The smallest absolute Gasteiger partial charge is 0.0468 e. The molecule has 8 aromatic rings. The van der Waals surface area contributed by atoms with E-state index in [4.69, 9.17) is 0 Å². The van der Waals surface area contributed by atoms with Crippen molar-refractivity contribution in [3.05, 3.63) is 174 Å². The highest BCUT2D eigenvalue weighted by molar-refractivity contribution is 7.26. The lowest BCUT2D eigenvalue weighted by Crippen LogP contribution is -2.15. The summed E-state index contributed by atoms with van der Waals surface area (Å²) in [5, 5.41) is 2.64. The van der Waals surface area contributed by atoms with Gasteiger partial charge in [0.25, 0.3) is 0 Å². The lowest BCUT2D eigenvalue weighted by Gasteiger charge is -2.27. The summed E-state index contributed by atoms with van der Waals surface area (Å²) in [5.41, 5.74) is 16.3. The van der Waals surface area contributed by atoms with Crippen molar-refractivity contribution in [2.24, 2.45) is 0 Å². The molecule has 0 N–H and O–H groups in total. The van der Waals surface area contributed by atoms with Gasteiger partial charge in [0.15, 0.2) is 0 Å². The fourth-order valence-electron chi connectivity index (χ4n) is 7.81. The van der Waals surface area contributed by atoms with Crippen LogP contribution >= 0.6 is 11.3 Å². The lowest BCUT2D eigenvalue weighted by molar-refractivity contribution is 0.660. The van der Waals surface area contributed by atoms with Crippen LogP contribution in [0.5, 0.6) is 0 Å². The zero-order valence-corrected chi connectivity index (χ0v) is 29.1. The SMILES string of the molecule is Cc1ccc(N(c2ccc(C)cc2)c2ccc(-c3cccc4c3sc3ccccc34)c(-c3ccc4c(c3)C(C)(C)c3ccccc3-4)c2)cc1. The molecule has 0 fully saturated rings. The van der Waals surface area contributed by atoms with Gasteiger partial charge in [-0.3, -0.25) is 0 Å². The minimum atomic E-state index is -0.0823. The third kappa shape index (κ3) is 4.82. The molecule has 0 saturated carbocycles. The fraction of sp³-hybridized carbons (Fsp3) is 0.106. The molecule has 1 aliphatic rings. The van der Waals surface area contributed by atoms with Crippen molar-refractivity contribution in [2.75, 3.05) is 4.90 Å². The molecule has 1 aromatic heterocycles. The number of rotatable bonds is 5. The number of hydrogen-bond acceptors (Lipinski definition) is 2. The summed E-state index contributed by atoms with van der Waals surface area (Å²) in [7, 11) is 0. The van der Waals surface area contributed by atoms with Gasteiger partial charge in [0, 0.05) is 48.2 Å². The van der Waals surface area contributed by atoms with Gasteiger partial charge in [-0.15, -0.1) is 11.3 Å². The van der Waals surface area contributed by atoms with Gasteiger partial charge in [0.1, 0.15) is 0 Å². The van der Waals surface area contributed by atoms with Gasteiger partial charge in [0.2, 0.25) is 0 Å². The highest BCUT2D eigenvalue weighted by Gasteiger charge is 2.35. The number of fused-ring (bicyclic) bond motifs is 6. The Morgan fingerprint density at radius 1 is 0.449 bits per heavy atom. The topological polar surface area (TPSA) is 3.24 Å². The first-order valence-electron chi connectivity index (χ1n) is 17.1. The molecule has 1 nitrogen and oxygen atoms in total. The number of hydrogen-bond donors (Lipinski definition) is 0. The normalized spacial score (nSPS) is 13.1. The molecule has 0 aliphatic heterocycles.